The SMILES string of the molecule is CC(=O)C(S(=O)C(F)(F)F)C(F)(F)F. The Morgan fingerprint density at radius 3 is 1.57 bits per heavy atom. The summed E-state index contributed by atoms with van der Waals surface area (Å²) >= 11 is 0. The van der Waals surface area contributed by atoms with Crippen LogP contribution in [0.4, 0.5) is 26.3 Å². The maximum absolute atomic E-state index is 11.8. The third-order valence-corrected chi connectivity index (χ3v) is 2.59. The van der Waals surface area contributed by atoms with E-state index in [1.807, 2.05) is 0 Å². The lowest BCUT2D eigenvalue weighted by Gasteiger charge is -2.17. The molecule has 0 aliphatic carbocycles. The van der Waals surface area contributed by atoms with Crippen molar-refractivity contribution in [3.8, 4) is 0 Å². The van der Waals surface area contributed by atoms with Crippen LogP contribution in [-0.4, -0.2) is 26.9 Å². The Kier molecular flexibility index (Phi) is 3.71. The third-order valence-electron chi connectivity index (χ3n) is 1.11. The second kappa shape index (κ2) is 3.87. The third kappa shape index (κ3) is 3.28. The average molecular weight is 242 g/mol. The van der Waals surface area contributed by atoms with E-state index in [1.54, 1.807) is 0 Å². The number of halogens is 6. The van der Waals surface area contributed by atoms with E-state index in [0.717, 1.165) is 0 Å². The van der Waals surface area contributed by atoms with Crippen LogP contribution in [0.5, 0.6) is 0 Å². The molecule has 0 spiro atoms. The largest absolute Gasteiger partial charge is 0.472 e. The Labute approximate surface area is 76.7 Å². The monoisotopic (exact) mass is 242 g/mol. The molecule has 0 aromatic carbocycles. The van der Waals surface area contributed by atoms with Gasteiger partial charge in [-0.15, -0.1) is 0 Å². The molecule has 0 aromatic rings. The number of hydrogen-bond donors (Lipinski definition) is 0. The Hall–Kier alpha value is -0.600. The van der Waals surface area contributed by atoms with Crippen LogP contribution in [0.3, 0.4) is 0 Å². The maximum Gasteiger partial charge on any atom is 0.472 e. The number of alkyl halides is 6. The molecular formula is C5H4F6O2S. The zero-order valence-corrected chi connectivity index (χ0v) is 7.39. The Morgan fingerprint density at radius 1 is 1.14 bits per heavy atom. The summed E-state index contributed by atoms with van der Waals surface area (Å²) < 4.78 is 80.7. The molecule has 84 valence electrons. The molecule has 0 radical (unpaired) electrons. The van der Waals surface area contributed by atoms with Crippen LogP contribution in [0.2, 0.25) is 0 Å². The first kappa shape index (κ1) is 13.4. The fraction of sp³-hybridized carbons (Fsp3) is 0.800. The zero-order valence-electron chi connectivity index (χ0n) is 6.57. The average Bonchev–Trinajstić information content (AvgIpc) is 1.79. The first-order valence-electron chi connectivity index (χ1n) is 3.02. The highest BCUT2D eigenvalue weighted by atomic mass is 32.2. The van der Waals surface area contributed by atoms with Gasteiger partial charge in [-0.3, -0.25) is 4.79 Å². The summed E-state index contributed by atoms with van der Waals surface area (Å²) in [5.41, 5.74) is -5.55. The minimum absolute atomic E-state index is 0.307. The van der Waals surface area contributed by atoms with Crippen LogP contribution in [0.15, 0.2) is 0 Å². The first-order valence-corrected chi connectivity index (χ1v) is 4.23. The number of carbonyl (C=O) groups is 1. The lowest BCUT2D eigenvalue weighted by molar-refractivity contribution is -0.149. The molecule has 9 heteroatoms. The summed E-state index contributed by atoms with van der Waals surface area (Å²) in [5.74, 6) is -1.83. The van der Waals surface area contributed by atoms with Gasteiger partial charge in [0, 0.05) is 0 Å². The highest BCUT2D eigenvalue weighted by Gasteiger charge is 2.56. The summed E-state index contributed by atoms with van der Waals surface area (Å²) in [5, 5.41) is -3.50. The van der Waals surface area contributed by atoms with E-state index in [0.29, 0.717) is 6.92 Å². The first-order chi connectivity index (χ1) is 5.98. The Morgan fingerprint density at radius 2 is 1.50 bits per heavy atom. The molecule has 0 rings (SSSR count). The van der Waals surface area contributed by atoms with Crippen molar-refractivity contribution >= 4 is 16.6 Å². The van der Waals surface area contributed by atoms with Gasteiger partial charge in [0.1, 0.15) is 10.8 Å². The van der Waals surface area contributed by atoms with E-state index >= 15 is 0 Å². The summed E-state index contributed by atoms with van der Waals surface area (Å²) in [6, 6.07) is 0. The molecule has 0 bridgehead atoms. The van der Waals surface area contributed by atoms with Gasteiger partial charge in [-0.05, 0) is 6.92 Å². The van der Waals surface area contributed by atoms with Gasteiger partial charge in [-0.2, -0.15) is 26.3 Å². The Balaban J connectivity index is 5.07. The molecule has 0 fully saturated rings. The zero-order chi connectivity index (χ0) is 11.7. The summed E-state index contributed by atoms with van der Waals surface area (Å²) in [6.07, 6.45) is -5.45. The normalized spacial score (nSPS) is 17.6. The van der Waals surface area contributed by atoms with Crippen molar-refractivity contribution in [3.63, 3.8) is 0 Å². The lowest BCUT2D eigenvalue weighted by Crippen LogP contribution is -2.44. The molecule has 0 aliphatic heterocycles. The summed E-state index contributed by atoms with van der Waals surface area (Å²) in [7, 11) is -4.25. The number of carbonyl (C=O) groups excluding carboxylic acids is 1. The second-order valence-corrected chi connectivity index (χ2v) is 3.80. The van der Waals surface area contributed by atoms with Crippen LogP contribution in [0.25, 0.3) is 0 Å². The molecular weight excluding hydrogens is 238 g/mol. The topological polar surface area (TPSA) is 34.1 Å². The van der Waals surface area contributed by atoms with Crippen molar-refractivity contribution in [1.82, 2.24) is 0 Å². The minimum Gasteiger partial charge on any atom is -0.298 e. The fourth-order valence-corrected chi connectivity index (χ4v) is 1.45. The van der Waals surface area contributed by atoms with Gasteiger partial charge < -0.3 is 0 Å². The van der Waals surface area contributed by atoms with Crippen molar-refractivity contribution in [2.75, 3.05) is 0 Å². The fourth-order valence-electron chi connectivity index (χ4n) is 0.636. The van der Waals surface area contributed by atoms with Crippen LogP contribution >= 0.6 is 0 Å². The smallest absolute Gasteiger partial charge is 0.298 e. The Bertz CT molecular complexity index is 254. The predicted molar refractivity (Wildman–Crippen MR) is 34.7 cm³/mol. The minimum atomic E-state index is -5.55. The molecule has 0 amide bonds. The number of rotatable bonds is 2. The molecule has 0 heterocycles. The van der Waals surface area contributed by atoms with Gasteiger partial charge in [-0.1, -0.05) is 0 Å². The van der Waals surface area contributed by atoms with Gasteiger partial charge >= 0.3 is 11.7 Å². The maximum atomic E-state index is 11.8. The van der Waals surface area contributed by atoms with E-state index in [9.17, 15) is 35.3 Å². The lowest BCUT2D eigenvalue weighted by atomic mass is 10.3. The van der Waals surface area contributed by atoms with Crippen molar-refractivity contribution < 1.29 is 35.3 Å². The van der Waals surface area contributed by atoms with E-state index < -0.39 is 33.5 Å². The van der Waals surface area contributed by atoms with Gasteiger partial charge in [0.15, 0.2) is 11.0 Å². The van der Waals surface area contributed by atoms with E-state index in [4.69, 9.17) is 0 Å². The van der Waals surface area contributed by atoms with Crippen LogP contribution < -0.4 is 0 Å². The highest BCUT2D eigenvalue weighted by molar-refractivity contribution is 7.87. The van der Waals surface area contributed by atoms with Crippen molar-refractivity contribution in [2.45, 2.75) is 23.9 Å². The predicted octanol–water partition coefficient (Wildman–Crippen LogP) is 1.77. The standard InChI is InChI=1S/C5H4F6O2S/c1-2(12)3(4(6,7)8)14(13)5(9,10)11/h3H,1H3. The molecule has 2 atom stereocenters. The second-order valence-electron chi connectivity index (χ2n) is 2.28. The molecule has 0 aromatic heterocycles. The van der Waals surface area contributed by atoms with E-state index in [2.05, 4.69) is 0 Å². The van der Waals surface area contributed by atoms with E-state index in [1.165, 1.54) is 0 Å². The van der Waals surface area contributed by atoms with E-state index in [-0.39, 0.29) is 0 Å². The van der Waals surface area contributed by atoms with Crippen LogP contribution in [0, 0.1) is 0 Å². The van der Waals surface area contributed by atoms with Crippen LogP contribution in [-0.2, 0) is 15.6 Å². The van der Waals surface area contributed by atoms with Gasteiger partial charge in [-0.25, -0.2) is 4.21 Å². The summed E-state index contributed by atoms with van der Waals surface area (Å²) in [6.45, 7) is 0.307. The molecule has 0 saturated carbocycles. The molecule has 0 N–H and O–H groups in total. The van der Waals surface area contributed by atoms with Gasteiger partial charge in [0.2, 0.25) is 0 Å². The van der Waals surface area contributed by atoms with Crippen molar-refractivity contribution in [1.29, 1.82) is 0 Å². The number of ketones is 1. The molecule has 2 unspecified atom stereocenters. The highest BCUT2D eigenvalue weighted by Crippen LogP contribution is 2.32. The molecule has 2 nitrogen and oxygen atoms in total. The number of hydrogen-bond acceptors (Lipinski definition) is 2. The van der Waals surface area contributed by atoms with Gasteiger partial charge in [0.05, 0.1) is 0 Å². The summed E-state index contributed by atoms with van der Waals surface area (Å²) in [4.78, 5) is 10.3. The van der Waals surface area contributed by atoms with Crippen LogP contribution in [0.1, 0.15) is 6.92 Å². The quantitative estimate of drug-likeness (QED) is 0.691. The van der Waals surface area contributed by atoms with Gasteiger partial charge in [0.25, 0.3) is 0 Å². The molecule has 0 aliphatic rings. The number of Topliss-reactive ketones (excluding diaryl/α,β-unsaturated/α-hetero) is 1. The molecule has 0 saturated heterocycles. The molecule has 14 heavy (non-hydrogen) atoms. The van der Waals surface area contributed by atoms with Crippen molar-refractivity contribution in [3.05, 3.63) is 0 Å². The van der Waals surface area contributed by atoms with Crippen molar-refractivity contribution in [2.24, 2.45) is 0 Å².